The molecule has 0 radical (unpaired) electrons. The van der Waals surface area contributed by atoms with Gasteiger partial charge in [-0.05, 0) is 24.3 Å². The number of rotatable bonds is 4. The molecule has 0 saturated heterocycles. The summed E-state index contributed by atoms with van der Waals surface area (Å²) in [5.74, 6) is 1.17. The van der Waals surface area contributed by atoms with Gasteiger partial charge in [0.05, 0.1) is 18.1 Å². The number of nitrogens with zero attached hydrogens (tertiary/aromatic N) is 2. The van der Waals surface area contributed by atoms with Crippen LogP contribution in [0, 0.1) is 0 Å². The summed E-state index contributed by atoms with van der Waals surface area (Å²) in [4.78, 5) is 14.0. The number of anilines is 3. The molecule has 0 unspecified atom stereocenters. The van der Waals surface area contributed by atoms with Gasteiger partial charge in [0.2, 0.25) is 0 Å². The molecule has 100 valence electrons. The van der Waals surface area contributed by atoms with E-state index in [4.69, 9.17) is 4.84 Å². The van der Waals surface area contributed by atoms with Crippen LogP contribution in [-0.2, 0) is 4.84 Å². The second kappa shape index (κ2) is 5.54. The topological polar surface area (TPSA) is 59.1 Å². The third kappa shape index (κ3) is 2.53. The first-order chi connectivity index (χ1) is 9.86. The quantitative estimate of drug-likeness (QED) is 0.709. The van der Waals surface area contributed by atoms with Crippen LogP contribution in [0.15, 0.2) is 54.6 Å². The van der Waals surface area contributed by atoms with Gasteiger partial charge < -0.3 is 5.32 Å². The predicted octanol–water partition coefficient (Wildman–Crippen LogP) is 3.35. The molecule has 0 fully saturated rings. The highest BCUT2D eigenvalue weighted by Gasteiger charge is 2.08. The maximum Gasteiger partial charge on any atom is 0.194 e. The van der Waals surface area contributed by atoms with Gasteiger partial charge in [0.25, 0.3) is 0 Å². The molecule has 0 aliphatic carbocycles. The molecular weight excluding hydrogens is 252 g/mol. The van der Waals surface area contributed by atoms with Crippen LogP contribution in [0.2, 0.25) is 0 Å². The van der Waals surface area contributed by atoms with E-state index < -0.39 is 0 Å². The van der Waals surface area contributed by atoms with Gasteiger partial charge >= 0.3 is 0 Å². The Balaban J connectivity index is 2.05. The maximum atomic E-state index is 4.96. The number of benzene rings is 2. The average molecular weight is 266 g/mol. The van der Waals surface area contributed by atoms with Crippen molar-refractivity contribution in [2.24, 2.45) is 0 Å². The van der Waals surface area contributed by atoms with Crippen LogP contribution in [-0.4, -0.2) is 17.1 Å². The van der Waals surface area contributed by atoms with Crippen LogP contribution in [0.1, 0.15) is 0 Å². The minimum absolute atomic E-state index is 0.551. The van der Waals surface area contributed by atoms with Crippen LogP contribution in [0.25, 0.3) is 11.0 Å². The number of fused-ring (bicyclic) bond motifs is 1. The fraction of sp³-hybridized carbons (Fsp3) is 0.0667. The molecule has 1 heterocycles. The molecular formula is C15H14N4O. The Morgan fingerprint density at radius 1 is 0.800 bits per heavy atom. The first kappa shape index (κ1) is 12.4. The van der Waals surface area contributed by atoms with E-state index in [1.54, 1.807) is 7.11 Å². The summed E-state index contributed by atoms with van der Waals surface area (Å²) in [5, 5.41) is 3.23. The summed E-state index contributed by atoms with van der Waals surface area (Å²) in [6.07, 6.45) is 0. The fourth-order valence-corrected chi connectivity index (χ4v) is 1.91. The summed E-state index contributed by atoms with van der Waals surface area (Å²) in [6, 6.07) is 17.5. The summed E-state index contributed by atoms with van der Waals surface area (Å²) in [5.41, 5.74) is 5.33. The van der Waals surface area contributed by atoms with E-state index in [0.717, 1.165) is 16.7 Å². The molecule has 1 aromatic heterocycles. The van der Waals surface area contributed by atoms with Crippen LogP contribution in [0.4, 0.5) is 17.3 Å². The predicted molar refractivity (Wildman–Crippen MR) is 79.9 cm³/mol. The molecule has 2 N–H and O–H groups in total. The highest BCUT2D eigenvalue weighted by atomic mass is 16.6. The van der Waals surface area contributed by atoms with E-state index in [1.807, 2.05) is 54.6 Å². The lowest BCUT2D eigenvalue weighted by molar-refractivity contribution is 0.269. The molecule has 0 atom stereocenters. The van der Waals surface area contributed by atoms with E-state index in [-0.39, 0.29) is 0 Å². The summed E-state index contributed by atoms with van der Waals surface area (Å²) in [7, 11) is 1.54. The van der Waals surface area contributed by atoms with Crippen LogP contribution in [0.5, 0.6) is 0 Å². The minimum Gasteiger partial charge on any atom is -0.337 e. The molecule has 5 nitrogen and oxygen atoms in total. The maximum absolute atomic E-state index is 4.96. The number of nitrogens with one attached hydrogen (secondary N) is 2. The molecule has 3 rings (SSSR count). The van der Waals surface area contributed by atoms with Crippen molar-refractivity contribution in [3.63, 3.8) is 0 Å². The molecule has 0 spiro atoms. The van der Waals surface area contributed by atoms with Crippen molar-refractivity contribution in [3.05, 3.63) is 54.6 Å². The highest BCUT2D eigenvalue weighted by molar-refractivity contribution is 5.81. The van der Waals surface area contributed by atoms with E-state index in [2.05, 4.69) is 20.8 Å². The smallest absolute Gasteiger partial charge is 0.194 e. The Hall–Kier alpha value is -2.66. The van der Waals surface area contributed by atoms with Crippen molar-refractivity contribution in [1.82, 2.24) is 9.97 Å². The molecule has 0 aliphatic heterocycles. The van der Waals surface area contributed by atoms with Crippen molar-refractivity contribution in [3.8, 4) is 0 Å². The van der Waals surface area contributed by atoms with Gasteiger partial charge in [-0.25, -0.2) is 15.4 Å². The monoisotopic (exact) mass is 266 g/mol. The Morgan fingerprint density at radius 2 is 1.40 bits per heavy atom. The highest BCUT2D eigenvalue weighted by Crippen LogP contribution is 2.24. The van der Waals surface area contributed by atoms with Gasteiger partial charge in [-0.15, -0.1) is 0 Å². The molecule has 2 aromatic carbocycles. The van der Waals surface area contributed by atoms with Gasteiger partial charge in [-0.3, -0.25) is 4.84 Å². The summed E-state index contributed by atoms with van der Waals surface area (Å²) >= 11 is 0. The average Bonchev–Trinajstić information content (AvgIpc) is 2.49. The number of para-hydroxylation sites is 3. The Labute approximate surface area is 116 Å². The lowest BCUT2D eigenvalue weighted by Gasteiger charge is -2.11. The van der Waals surface area contributed by atoms with Crippen molar-refractivity contribution in [2.75, 3.05) is 17.9 Å². The van der Waals surface area contributed by atoms with Crippen LogP contribution in [0.3, 0.4) is 0 Å². The van der Waals surface area contributed by atoms with Crippen molar-refractivity contribution < 1.29 is 4.84 Å². The normalized spacial score (nSPS) is 10.4. The fourth-order valence-electron chi connectivity index (χ4n) is 1.91. The van der Waals surface area contributed by atoms with Crippen LogP contribution >= 0.6 is 0 Å². The van der Waals surface area contributed by atoms with E-state index in [1.165, 1.54) is 0 Å². The van der Waals surface area contributed by atoms with Gasteiger partial charge in [0, 0.05) is 5.69 Å². The van der Waals surface area contributed by atoms with E-state index >= 15 is 0 Å². The molecule has 0 bridgehead atoms. The van der Waals surface area contributed by atoms with Gasteiger partial charge in [0.15, 0.2) is 11.6 Å². The third-order valence-corrected chi connectivity index (χ3v) is 2.81. The van der Waals surface area contributed by atoms with E-state index in [0.29, 0.717) is 11.6 Å². The zero-order valence-electron chi connectivity index (χ0n) is 11.0. The molecule has 0 aliphatic rings. The van der Waals surface area contributed by atoms with E-state index in [9.17, 15) is 0 Å². The molecule has 5 heteroatoms. The second-order valence-electron chi connectivity index (χ2n) is 4.21. The van der Waals surface area contributed by atoms with Gasteiger partial charge in [-0.1, -0.05) is 30.3 Å². The standard InChI is InChI=1S/C15H14N4O/c1-20-19-15-14(16-11-7-3-2-4-8-11)17-12-9-5-6-10-13(12)18-15/h2-10H,1H3,(H,16,17)(H,18,19). The zero-order valence-corrected chi connectivity index (χ0v) is 11.0. The number of aromatic nitrogens is 2. The van der Waals surface area contributed by atoms with Crippen molar-refractivity contribution >= 4 is 28.4 Å². The lowest BCUT2D eigenvalue weighted by Crippen LogP contribution is -2.05. The Bertz CT molecular complexity index is 715. The van der Waals surface area contributed by atoms with Crippen molar-refractivity contribution in [1.29, 1.82) is 0 Å². The third-order valence-electron chi connectivity index (χ3n) is 2.81. The van der Waals surface area contributed by atoms with Crippen molar-refractivity contribution in [2.45, 2.75) is 0 Å². The van der Waals surface area contributed by atoms with Gasteiger partial charge in [-0.2, -0.15) is 0 Å². The first-order valence-corrected chi connectivity index (χ1v) is 6.24. The molecule has 3 aromatic rings. The molecule has 20 heavy (non-hydrogen) atoms. The molecule has 0 amide bonds. The largest absolute Gasteiger partial charge is 0.337 e. The molecule has 0 saturated carbocycles. The Morgan fingerprint density at radius 3 is 2.05 bits per heavy atom. The zero-order chi connectivity index (χ0) is 13.8. The Kier molecular flexibility index (Phi) is 3.43. The minimum atomic E-state index is 0.551. The van der Waals surface area contributed by atoms with Gasteiger partial charge in [0.1, 0.15) is 0 Å². The number of hydrogen-bond donors (Lipinski definition) is 2. The SMILES string of the molecule is CONc1nc2ccccc2nc1Nc1ccccc1. The summed E-state index contributed by atoms with van der Waals surface area (Å²) < 4.78 is 0. The second-order valence-corrected chi connectivity index (χ2v) is 4.21. The first-order valence-electron chi connectivity index (χ1n) is 6.24. The number of hydrogen-bond acceptors (Lipinski definition) is 5. The van der Waals surface area contributed by atoms with Crippen LogP contribution < -0.4 is 10.8 Å². The summed E-state index contributed by atoms with van der Waals surface area (Å²) in [6.45, 7) is 0. The lowest BCUT2D eigenvalue weighted by atomic mass is 10.3.